The highest BCUT2D eigenvalue weighted by molar-refractivity contribution is 8.14. The Kier molecular flexibility index (Phi) is 6.13. The molecule has 1 unspecified atom stereocenters. The summed E-state index contributed by atoms with van der Waals surface area (Å²) in [4.78, 5) is 47.0. The third-order valence-corrected chi connectivity index (χ3v) is 5.88. The summed E-state index contributed by atoms with van der Waals surface area (Å²) in [6.07, 6.45) is 0.643. The van der Waals surface area contributed by atoms with E-state index in [0.717, 1.165) is 17.3 Å². The summed E-state index contributed by atoms with van der Waals surface area (Å²) in [6, 6.07) is 16.3. The Morgan fingerprint density at radius 3 is 2.58 bits per heavy atom. The van der Waals surface area contributed by atoms with Crippen LogP contribution in [0.25, 0.3) is 0 Å². The summed E-state index contributed by atoms with van der Waals surface area (Å²) in [7, 11) is 0. The molecule has 9 heteroatoms. The third kappa shape index (κ3) is 4.66. The van der Waals surface area contributed by atoms with Crippen LogP contribution in [0.1, 0.15) is 17.5 Å². The number of amides is 3. The van der Waals surface area contributed by atoms with E-state index in [4.69, 9.17) is 5.73 Å². The zero-order chi connectivity index (χ0) is 21.8. The molecule has 2 heterocycles. The van der Waals surface area contributed by atoms with Crippen LogP contribution in [0, 0.1) is 0 Å². The fourth-order valence-electron chi connectivity index (χ4n) is 3.48. The van der Waals surface area contributed by atoms with Gasteiger partial charge in [0.1, 0.15) is 11.9 Å². The number of rotatable bonds is 7. The molecule has 0 aliphatic carbocycles. The molecule has 0 fully saturated rings. The second-order valence-electron chi connectivity index (χ2n) is 7.12. The Morgan fingerprint density at radius 1 is 1.06 bits per heavy atom. The minimum absolute atomic E-state index is 0.00889. The molecule has 0 saturated carbocycles. The zero-order valence-corrected chi connectivity index (χ0v) is 17.5. The first kappa shape index (κ1) is 20.8. The second kappa shape index (κ2) is 9.13. The van der Waals surface area contributed by atoms with Crippen LogP contribution in [0.2, 0.25) is 0 Å². The highest BCUT2D eigenvalue weighted by Gasteiger charge is 2.42. The van der Waals surface area contributed by atoms with Gasteiger partial charge >= 0.3 is 0 Å². The molecule has 4 rings (SSSR count). The maximum Gasteiger partial charge on any atom is 0.271 e. The molecule has 158 valence electrons. The van der Waals surface area contributed by atoms with Crippen LogP contribution in [-0.4, -0.2) is 52.0 Å². The smallest absolute Gasteiger partial charge is 0.271 e. The van der Waals surface area contributed by atoms with Crippen LogP contribution >= 0.6 is 11.8 Å². The summed E-state index contributed by atoms with van der Waals surface area (Å²) >= 11 is 1.13. The molecule has 2 aromatic rings. The van der Waals surface area contributed by atoms with Crippen molar-refractivity contribution in [1.82, 2.24) is 10.2 Å². The van der Waals surface area contributed by atoms with Gasteiger partial charge in [-0.25, -0.2) is 4.99 Å². The predicted molar refractivity (Wildman–Crippen MR) is 120 cm³/mol. The first-order valence-corrected chi connectivity index (χ1v) is 10.8. The number of aliphatic imine (C=N–C) groups is 2. The average molecular weight is 436 g/mol. The highest BCUT2D eigenvalue weighted by atomic mass is 32.2. The van der Waals surface area contributed by atoms with Gasteiger partial charge in [0.15, 0.2) is 5.17 Å². The van der Waals surface area contributed by atoms with Crippen molar-refractivity contribution in [3.05, 3.63) is 65.7 Å². The molecule has 2 aliphatic rings. The van der Waals surface area contributed by atoms with Crippen molar-refractivity contribution in [3.63, 3.8) is 0 Å². The first-order chi connectivity index (χ1) is 15.0. The lowest BCUT2D eigenvalue weighted by atomic mass is 10.1. The summed E-state index contributed by atoms with van der Waals surface area (Å²) in [5.74, 6) is -0.689. The number of benzene rings is 2. The van der Waals surface area contributed by atoms with Gasteiger partial charge in [-0.15, -0.1) is 0 Å². The molecule has 2 aromatic carbocycles. The fourth-order valence-corrected chi connectivity index (χ4v) is 4.26. The van der Waals surface area contributed by atoms with Crippen LogP contribution in [0.4, 0.5) is 5.69 Å². The Hall–Kier alpha value is -3.46. The lowest BCUT2D eigenvalue weighted by Crippen LogP contribution is -2.46. The maximum atomic E-state index is 12.7. The van der Waals surface area contributed by atoms with E-state index in [2.05, 4.69) is 15.3 Å². The summed E-state index contributed by atoms with van der Waals surface area (Å²) < 4.78 is 0. The molecule has 3 N–H and O–H groups in total. The molecule has 8 nitrogen and oxygen atoms in total. The first-order valence-electron chi connectivity index (χ1n) is 9.84. The van der Waals surface area contributed by atoms with E-state index in [-0.39, 0.29) is 18.1 Å². The average Bonchev–Trinajstić information content (AvgIpc) is 3.09. The fraction of sp³-hybridized carbons (Fsp3) is 0.227. The van der Waals surface area contributed by atoms with E-state index in [0.29, 0.717) is 35.2 Å². The van der Waals surface area contributed by atoms with Crippen molar-refractivity contribution in [3.8, 4) is 0 Å². The van der Waals surface area contributed by atoms with Crippen molar-refractivity contribution in [2.75, 3.05) is 12.3 Å². The van der Waals surface area contributed by atoms with Gasteiger partial charge in [-0.2, -0.15) is 4.99 Å². The number of hydrogen-bond donors (Lipinski definition) is 2. The number of carbonyl (C=O) groups is 3. The molecule has 31 heavy (non-hydrogen) atoms. The van der Waals surface area contributed by atoms with E-state index in [9.17, 15) is 14.4 Å². The van der Waals surface area contributed by atoms with Crippen LogP contribution < -0.4 is 11.1 Å². The number of carbonyl (C=O) groups excluding carboxylic acids is 3. The van der Waals surface area contributed by atoms with E-state index >= 15 is 0 Å². The number of fused-ring (bicyclic) bond motifs is 3. The van der Waals surface area contributed by atoms with Crippen LogP contribution in [-0.2, 0) is 20.8 Å². The number of primary amides is 1. The second-order valence-corrected chi connectivity index (χ2v) is 8.06. The largest absolute Gasteiger partial charge is 0.369 e. The summed E-state index contributed by atoms with van der Waals surface area (Å²) in [5, 5.41) is 3.30. The van der Waals surface area contributed by atoms with Gasteiger partial charge in [0.2, 0.25) is 11.8 Å². The Balaban J connectivity index is 1.48. The number of para-hydroxylation sites is 1. The number of nitrogens with two attached hydrogens (primary N) is 1. The van der Waals surface area contributed by atoms with Gasteiger partial charge in [0.05, 0.1) is 17.9 Å². The van der Waals surface area contributed by atoms with Crippen LogP contribution in [0.3, 0.4) is 0 Å². The molecule has 1 atom stereocenters. The van der Waals surface area contributed by atoms with Gasteiger partial charge in [-0.1, -0.05) is 54.2 Å². The van der Waals surface area contributed by atoms with E-state index < -0.39 is 17.9 Å². The monoisotopic (exact) mass is 435 g/mol. The molecule has 0 spiro atoms. The van der Waals surface area contributed by atoms with Gasteiger partial charge in [0.25, 0.3) is 5.91 Å². The van der Waals surface area contributed by atoms with Crippen molar-refractivity contribution < 1.29 is 14.4 Å². The molecule has 0 saturated heterocycles. The van der Waals surface area contributed by atoms with E-state index in [1.807, 2.05) is 54.6 Å². The van der Waals surface area contributed by atoms with Gasteiger partial charge in [-0.3, -0.25) is 19.3 Å². The van der Waals surface area contributed by atoms with Crippen molar-refractivity contribution in [2.45, 2.75) is 18.9 Å². The Morgan fingerprint density at radius 2 is 1.81 bits per heavy atom. The van der Waals surface area contributed by atoms with Gasteiger partial charge in [0, 0.05) is 12.1 Å². The van der Waals surface area contributed by atoms with Crippen molar-refractivity contribution in [2.24, 2.45) is 15.7 Å². The molecule has 2 aliphatic heterocycles. The molecule has 0 bridgehead atoms. The summed E-state index contributed by atoms with van der Waals surface area (Å²) in [5.41, 5.74) is 7.78. The minimum atomic E-state index is -0.806. The molecular formula is C22H21N5O3S. The SMILES string of the molecule is NC(=O)CSC1=Nc2ccccc2C2=NC(=O)C(CC(=O)NCCc3ccccc3)N12. The number of amidine groups is 2. The van der Waals surface area contributed by atoms with Crippen LogP contribution in [0.5, 0.6) is 0 Å². The quantitative estimate of drug-likeness (QED) is 0.685. The lowest BCUT2D eigenvalue weighted by Gasteiger charge is -2.30. The third-order valence-electron chi connectivity index (χ3n) is 4.91. The zero-order valence-electron chi connectivity index (χ0n) is 16.7. The normalized spacial score (nSPS) is 16.8. The van der Waals surface area contributed by atoms with Gasteiger partial charge < -0.3 is 11.1 Å². The topological polar surface area (TPSA) is 117 Å². The van der Waals surface area contributed by atoms with Crippen molar-refractivity contribution >= 4 is 46.2 Å². The molecule has 3 amide bonds. The lowest BCUT2D eigenvalue weighted by molar-refractivity contribution is -0.126. The number of hydrogen-bond acceptors (Lipinski definition) is 6. The highest BCUT2D eigenvalue weighted by Crippen LogP contribution is 2.34. The maximum absolute atomic E-state index is 12.7. The van der Waals surface area contributed by atoms with Gasteiger partial charge in [-0.05, 0) is 24.1 Å². The summed E-state index contributed by atoms with van der Waals surface area (Å²) in [6.45, 7) is 0.470. The Labute approximate surface area is 183 Å². The van der Waals surface area contributed by atoms with Crippen molar-refractivity contribution in [1.29, 1.82) is 0 Å². The number of nitrogens with one attached hydrogen (secondary N) is 1. The predicted octanol–water partition coefficient (Wildman–Crippen LogP) is 1.61. The van der Waals surface area contributed by atoms with Crippen LogP contribution in [0.15, 0.2) is 64.6 Å². The molecule has 0 radical (unpaired) electrons. The number of nitrogens with zero attached hydrogens (tertiary/aromatic N) is 3. The standard InChI is InChI=1S/C22H21N5O3S/c23-18(28)13-31-22-25-16-9-5-4-8-15(16)20-26-21(30)17(27(20)22)12-19(29)24-11-10-14-6-2-1-3-7-14/h1-9,17H,10-13H2,(H2,23,28)(H,24,29). The Bertz CT molecular complexity index is 1080. The van der Waals surface area contributed by atoms with E-state index in [1.54, 1.807) is 4.90 Å². The molecule has 0 aromatic heterocycles. The van der Waals surface area contributed by atoms with E-state index in [1.165, 1.54) is 0 Å². The minimum Gasteiger partial charge on any atom is -0.369 e. The molecular weight excluding hydrogens is 414 g/mol. The number of thioether (sulfide) groups is 1.